The van der Waals surface area contributed by atoms with Gasteiger partial charge in [-0.25, -0.2) is 0 Å². The zero-order chi connectivity index (χ0) is 15.4. The Balaban J connectivity index is 2.15. The third-order valence-electron chi connectivity index (χ3n) is 3.07. The van der Waals surface area contributed by atoms with Crippen molar-refractivity contribution in [1.82, 2.24) is 0 Å². The molecule has 0 radical (unpaired) electrons. The molecule has 2 atom stereocenters. The average molecular weight is 433 g/mol. The Hall–Kier alpha value is -0.840. The minimum atomic E-state index is -0.368. The SMILES string of the molecule is COc1ccc(C(=O)[C@@H](Br)[C@@H](Br)c2ccc(Cl)cc2)cc1. The molecule has 0 aliphatic carbocycles. The lowest BCUT2D eigenvalue weighted by Crippen LogP contribution is -2.19. The van der Waals surface area contributed by atoms with Crippen LogP contribution < -0.4 is 4.74 Å². The second-order valence-electron chi connectivity index (χ2n) is 4.45. The molecule has 0 saturated heterocycles. The van der Waals surface area contributed by atoms with E-state index in [9.17, 15) is 4.79 Å². The summed E-state index contributed by atoms with van der Waals surface area (Å²) in [4.78, 5) is 12.0. The van der Waals surface area contributed by atoms with Gasteiger partial charge in [0.25, 0.3) is 0 Å². The average Bonchev–Trinajstić information content (AvgIpc) is 2.53. The fraction of sp³-hybridized carbons (Fsp3) is 0.188. The molecule has 0 heterocycles. The van der Waals surface area contributed by atoms with Crippen LogP contribution in [0.5, 0.6) is 5.75 Å². The van der Waals surface area contributed by atoms with Crippen molar-refractivity contribution in [2.45, 2.75) is 9.65 Å². The molecule has 0 bridgehead atoms. The van der Waals surface area contributed by atoms with Crippen LogP contribution >= 0.6 is 43.5 Å². The van der Waals surface area contributed by atoms with Gasteiger partial charge in [-0.05, 0) is 42.0 Å². The largest absolute Gasteiger partial charge is 0.497 e. The minimum Gasteiger partial charge on any atom is -0.497 e. The van der Waals surface area contributed by atoms with Crippen LogP contribution in [0.3, 0.4) is 0 Å². The fourth-order valence-corrected chi connectivity index (χ4v) is 3.10. The lowest BCUT2D eigenvalue weighted by molar-refractivity contribution is 0.0991. The van der Waals surface area contributed by atoms with E-state index >= 15 is 0 Å². The van der Waals surface area contributed by atoms with Crippen LogP contribution in [0.2, 0.25) is 5.02 Å². The Labute approximate surface area is 145 Å². The number of hydrogen-bond acceptors (Lipinski definition) is 2. The Morgan fingerprint density at radius 2 is 1.62 bits per heavy atom. The summed E-state index contributed by atoms with van der Waals surface area (Å²) in [6, 6.07) is 14.5. The molecule has 0 fully saturated rings. The Kier molecular flexibility index (Phi) is 5.85. The molecule has 5 heteroatoms. The number of carbonyl (C=O) groups is 1. The number of hydrogen-bond donors (Lipinski definition) is 0. The van der Waals surface area contributed by atoms with Crippen molar-refractivity contribution in [3.8, 4) is 5.75 Å². The van der Waals surface area contributed by atoms with Crippen LogP contribution in [0.15, 0.2) is 48.5 Å². The molecule has 0 N–H and O–H groups in total. The van der Waals surface area contributed by atoms with Gasteiger partial charge in [0.1, 0.15) is 5.75 Å². The third kappa shape index (κ3) is 4.09. The summed E-state index contributed by atoms with van der Waals surface area (Å²) in [6.07, 6.45) is 0. The minimum absolute atomic E-state index is 0.00878. The highest BCUT2D eigenvalue weighted by Crippen LogP contribution is 2.34. The predicted molar refractivity (Wildman–Crippen MR) is 93.2 cm³/mol. The zero-order valence-corrected chi connectivity index (χ0v) is 15.2. The molecular weight excluding hydrogens is 419 g/mol. The van der Waals surface area contributed by atoms with Crippen molar-refractivity contribution < 1.29 is 9.53 Å². The summed E-state index contributed by atoms with van der Waals surface area (Å²) in [5.41, 5.74) is 1.62. The van der Waals surface area contributed by atoms with Crippen LogP contribution in [-0.4, -0.2) is 17.7 Å². The smallest absolute Gasteiger partial charge is 0.177 e. The number of benzene rings is 2. The molecule has 0 aromatic heterocycles. The van der Waals surface area contributed by atoms with Gasteiger partial charge in [-0.2, -0.15) is 0 Å². The number of alkyl halides is 2. The molecule has 0 saturated carbocycles. The Morgan fingerprint density at radius 3 is 2.14 bits per heavy atom. The molecular formula is C16H13Br2ClO2. The van der Waals surface area contributed by atoms with Gasteiger partial charge in [-0.1, -0.05) is 55.6 Å². The van der Waals surface area contributed by atoms with Crippen LogP contribution in [0.1, 0.15) is 20.7 Å². The van der Waals surface area contributed by atoms with Gasteiger partial charge in [0, 0.05) is 10.6 Å². The Bertz CT molecular complexity index is 611. The first-order valence-electron chi connectivity index (χ1n) is 6.25. The molecule has 0 spiro atoms. The van der Waals surface area contributed by atoms with Crippen molar-refractivity contribution in [3.63, 3.8) is 0 Å². The molecule has 2 aromatic carbocycles. The highest BCUT2D eigenvalue weighted by molar-refractivity contribution is 9.12. The van der Waals surface area contributed by atoms with Gasteiger partial charge in [0.2, 0.25) is 0 Å². The normalized spacial score (nSPS) is 13.5. The lowest BCUT2D eigenvalue weighted by Gasteiger charge is -2.16. The number of ether oxygens (including phenoxy) is 1. The van der Waals surface area contributed by atoms with Crippen molar-refractivity contribution in [3.05, 3.63) is 64.7 Å². The first-order valence-corrected chi connectivity index (χ1v) is 8.45. The van der Waals surface area contributed by atoms with Crippen LogP contribution in [0, 0.1) is 0 Å². The number of rotatable bonds is 5. The number of methoxy groups -OCH3 is 1. The maximum Gasteiger partial charge on any atom is 0.177 e. The predicted octanol–water partition coefficient (Wildman–Crippen LogP) is 5.43. The number of Topliss-reactive ketones (excluding diaryl/α,β-unsaturated/α-hetero) is 1. The number of ketones is 1. The number of carbonyl (C=O) groups excluding carboxylic acids is 1. The summed E-state index contributed by atoms with van der Waals surface area (Å²) in [5.74, 6) is 0.736. The van der Waals surface area contributed by atoms with Gasteiger partial charge in [0.15, 0.2) is 5.78 Å². The van der Waals surface area contributed by atoms with Gasteiger partial charge in [-0.15, -0.1) is 0 Å². The second-order valence-corrected chi connectivity index (χ2v) is 6.86. The monoisotopic (exact) mass is 430 g/mol. The summed E-state index contributed by atoms with van der Waals surface area (Å²) < 4.78 is 5.09. The van der Waals surface area contributed by atoms with E-state index in [4.69, 9.17) is 16.3 Å². The van der Waals surface area contributed by atoms with Crippen molar-refractivity contribution >= 4 is 49.2 Å². The summed E-state index contributed by atoms with van der Waals surface area (Å²) >= 11 is 12.9. The molecule has 21 heavy (non-hydrogen) atoms. The van der Waals surface area contributed by atoms with Crippen LogP contribution in [-0.2, 0) is 0 Å². The summed E-state index contributed by atoms with van der Waals surface area (Å²) in [7, 11) is 1.60. The van der Waals surface area contributed by atoms with Gasteiger partial charge in [0.05, 0.1) is 16.8 Å². The van der Waals surface area contributed by atoms with Crippen molar-refractivity contribution in [2.24, 2.45) is 0 Å². The first-order chi connectivity index (χ1) is 10.0. The quantitative estimate of drug-likeness (QED) is 0.465. The van der Waals surface area contributed by atoms with E-state index in [0.29, 0.717) is 10.6 Å². The standard InChI is InChI=1S/C16H13Br2ClO2/c1-21-13-8-4-11(5-9-13)16(20)15(18)14(17)10-2-6-12(19)7-3-10/h2-9,14-15H,1H3/t14-,15-/m0/s1. The molecule has 2 nitrogen and oxygen atoms in total. The topological polar surface area (TPSA) is 26.3 Å². The lowest BCUT2D eigenvalue weighted by atomic mass is 10.0. The second kappa shape index (κ2) is 7.43. The van der Waals surface area contributed by atoms with Gasteiger partial charge in [-0.3, -0.25) is 4.79 Å². The maximum atomic E-state index is 12.5. The molecule has 2 rings (SSSR count). The van der Waals surface area contributed by atoms with E-state index in [1.807, 2.05) is 24.3 Å². The number of halogens is 3. The summed E-state index contributed by atoms with van der Waals surface area (Å²) in [6.45, 7) is 0. The van der Waals surface area contributed by atoms with E-state index in [-0.39, 0.29) is 15.4 Å². The first kappa shape index (κ1) is 16.5. The van der Waals surface area contributed by atoms with E-state index in [0.717, 1.165) is 11.3 Å². The van der Waals surface area contributed by atoms with Gasteiger partial charge < -0.3 is 4.74 Å². The fourth-order valence-electron chi connectivity index (χ4n) is 1.86. The highest BCUT2D eigenvalue weighted by atomic mass is 79.9. The van der Waals surface area contributed by atoms with E-state index in [1.54, 1.807) is 31.4 Å². The molecule has 2 aromatic rings. The van der Waals surface area contributed by atoms with E-state index in [2.05, 4.69) is 31.9 Å². The van der Waals surface area contributed by atoms with E-state index < -0.39 is 0 Å². The molecule has 0 aliphatic rings. The van der Waals surface area contributed by atoms with E-state index in [1.165, 1.54) is 0 Å². The Morgan fingerprint density at radius 1 is 1.05 bits per heavy atom. The summed E-state index contributed by atoms with van der Waals surface area (Å²) in [5, 5.41) is 0.672. The van der Waals surface area contributed by atoms with Crippen molar-refractivity contribution in [2.75, 3.05) is 7.11 Å². The van der Waals surface area contributed by atoms with Gasteiger partial charge >= 0.3 is 0 Å². The molecule has 0 aliphatic heterocycles. The third-order valence-corrected chi connectivity index (χ3v) is 6.03. The van der Waals surface area contributed by atoms with Crippen LogP contribution in [0.25, 0.3) is 0 Å². The van der Waals surface area contributed by atoms with Crippen molar-refractivity contribution in [1.29, 1.82) is 0 Å². The van der Waals surface area contributed by atoms with Crippen LogP contribution in [0.4, 0.5) is 0 Å². The highest BCUT2D eigenvalue weighted by Gasteiger charge is 2.26. The molecule has 110 valence electrons. The molecule has 0 amide bonds. The zero-order valence-electron chi connectivity index (χ0n) is 11.2. The molecule has 0 unspecified atom stereocenters. The maximum absolute atomic E-state index is 12.5.